The van der Waals surface area contributed by atoms with Crippen molar-refractivity contribution in [2.45, 2.75) is 13.3 Å². The van der Waals surface area contributed by atoms with Crippen molar-refractivity contribution in [1.82, 2.24) is 5.32 Å². The predicted octanol–water partition coefficient (Wildman–Crippen LogP) is 0.822. The summed E-state index contributed by atoms with van der Waals surface area (Å²) in [5.74, 6) is -1.39. The second kappa shape index (κ2) is 6.24. The summed E-state index contributed by atoms with van der Waals surface area (Å²) < 4.78 is 5.27. The molecule has 6 nitrogen and oxygen atoms in total. The van der Waals surface area contributed by atoms with Crippen LogP contribution in [0.25, 0.3) is 0 Å². The second-order valence-electron chi connectivity index (χ2n) is 5.43. The molecule has 0 spiro atoms. The van der Waals surface area contributed by atoms with Crippen molar-refractivity contribution in [2.24, 2.45) is 5.41 Å². The minimum absolute atomic E-state index is 0.0541. The molecule has 1 saturated heterocycles. The van der Waals surface area contributed by atoms with Crippen molar-refractivity contribution in [3.8, 4) is 0 Å². The van der Waals surface area contributed by atoms with Gasteiger partial charge in [0.05, 0.1) is 18.8 Å². The highest BCUT2D eigenvalue weighted by Crippen LogP contribution is 2.27. The van der Waals surface area contributed by atoms with Crippen molar-refractivity contribution in [2.75, 3.05) is 26.4 Å². The molecule has 0 radical (unpaired) electrons. The summed E-state index contributed by atoms with van der Waals surface area (Å²) in [6, 6.07) is 4.61. The Balaban J connectivity index is 2.10. The summed E-state index contributed by atoms with van der Waals surface area (Å²) in [5, 5.41) is 21.3. The molecule has 0 saturated carbocycles. The van der Waals surface area contributed by atoms with E-state index in [0.717, 1.165) is 0 Å². The Hall–Kier alpha value is -1.92. The van der Waals surface area contributed by atoms with Crippen LogP contribution in [0.1, 0.15) is 32.7 Å². The fourth-order valence-corrected chi connectivity index (χ4v) is 2.45. The molecule has 6 heteroatoms. The minimum atomic E-state index is -1.06. The van der Waals surface area contributed by atoms with E-state index in [1.165, 1.54) is 6.07 Å². The van der Waals surface area contributed by atoms with E-state index < -0.39 is 11.4 Å². The maximum Gasteiger partial charge on any atom is 0.335 e. The molecule has 1 unspecified atom stereocenters. The van der Waals surface area contributed by atoms with Crippen LogP contribution in [0, 0.1) is 12.3 Å². The first kappa shape index (κ1) is 15.5. The van der Waals surface area contributed by atoms with Crippen LogP contribution in [0.3, 0.4) is 0 Å². The average Bonchev–Trinajstić information content (AvgIpc) is 2.94. The van der Waals surface area contributed by atoms with Gasteiger partial charge in [0.2, 0.25) is 0 Å². The minimum Gasteiger partial charge on any atom is -0.478 e. The van der Waals surface area contributed by atoms with E-state index in [9.17, 15) is 14.7 Å². The predicted molar refractivity (Wildman–Crippen MR) is 75.4 cm³/mol. The zero-order chi connectivity index (χ0) is 15.5. The molecule has 2 rings (SSSR count). The van der Waals surface area contributed by atoms with E-state index in [-0.39, 0.29) is 18.1 Å². The molecule has 0 aromatic heterocycles. The highest BCUT2D eigenvalue weighted by molar-refractivity contribution is 5.99. The lowest BCUT2D eigenvalue weighted by Gasteiger charge is -2.25. The van der Waals surface area contributed by atoms with Gasteiger partial charge in [-0.1, -0.05) is 6.07 Å². The van der Waals surface area contributed by atoms with Crippen molar-refractivity contribution in [3.63, 3.8) is 0 Å². The van der Waals surface area contributed by atoms with Gasteiger partial charge in [-0.15, -0.1) is 0 Å². The van der Waals surface area contributed by atoms with Crippen LogP contribution in [-0.2, 0) is 4.74 Å². The number of carboxylic acid groups (broad SMARTS) is 1. The Bertz CT molecular complexity index is 549. The Morgan fingerprint density at radius 1 is 1.38 bits per heavy atom. The average molecular weight is 293 g/mol. The Labute approximate surface area is 122 Å². The SMILES string of the molecule is Cc1c(C(=O)O)cccc1C(=O)NCC1(CO)CCOC1. The van der Waals surface area contributed by atoms with Gasteiger partial charge in [-0.3, -0.25) is 4.79 Å². The van der Waals surface area contributed by atoms with Crippen LogP contribution in [0.4, 0.5) is 0 Å². The zero-order valence-electron chi connectivity index (χ0n) is 11.9. The highest BCUT2D eigenvalue weighted by atomic mass is 16.5. The quantitative estimate of drug-likeness (QED) is 0.747. The molecule has 21 heavy (non-hydrogen) atoms. The van der Waals surface area contributed by atoms with Crippen LogP contribution in [-0.4, -0.2) is 48.5 Å². The number of ether oxygens (including phenoxy) is 1. The van der Waals surface area contributed by atoms with Gasteiger partial charge in [0.25, 0.3) is 5.91 Å². The number of amides is 1. The third-order valence-electron chi connectivity index (χ3n) is 3.95. The largest absolute Gasteiger partial charge is 0.478 e. The number of carbonyl (C=O) groups is 2. The number of carboxylic acids is 1. The number of aliphatic hydroxyl groups is 1. The molecule has 0 aliphatic carbocycles. The molecular formula is C15H19NO5. The van der Waals surface area contributed by atoms with Gasteiger partial charge in [0.1, 0.15) is 0 Å². The van der Waals surface area contributed by atoms with Gasteiger partial charge in [-0.25, -0.2) is 4.79 Å². The van der Waals surface area contributed by atoms with Crippen LogP contribution in [0.5, 0.6) is 0 Å². The van der Waals surface area contributed by atoms with E-state index in [0.29, 0.717) is 37.3 Å². The first-order valence-corrected chi connectivity index (χ1v) is 6.79. The fraction of sp³-hybridized carbons (Fsp3) is 0.467. The lowest BCUT2D eigenvalue weighted by Crippen LogP contribution is -2.40. The van der Waals surface area contributed by atoms with E-state index in [1.807, 2.05) is 0 Å². The van der Waals surface area contributed by atoms with Crippen LogP contribution < -0.4 is 5.32 Å². The van der Waals surface area contributed by atoms with Crippen LogP contribution in [0.2, 0.25) is 0 Å². The van der Waals surface area contributed by atoms with Gasteiger partial charge in [-0.2, -0.15) is 0 Å². The molecule has 1 aliphatic heterocycles. The molecule has 114 valence electrons. The molecule has 0 bridgehead atoms. The van der Waals surface area contributed by atoms with Crippen LogP contribution >= 0.6 is 0 Å². The standard InChI is InChI=1S/C15H19NO5/c1-10-11(3-2-4-12(10)14(19)20)13(18)16-7-15(8-17)5-6-21-9-15/h2-4,17H,5-9H2,1H3,(H,16,18)(H,19,20). The van der Waals surface area contributed by atoms with Gasteiger partial charge in [0, 0.05) is 24.1 Å². The van der Waals surface area contributed by atoms with E-state index in [1.54, 1.807) is 19.1 Å². The number of nitrogens with one attached hydrogen (secondary N) is 1. The van der Waals surface area contributed by atoms with Crippen LogP contribution in [0.15, 0.2) is 18.2 Å². The molecule has 1 fully saturated rings. The topological polar surface area (TPSA) is 95.9 Å². The van der Waals surface area contributed by atoms with Gasteiger partial charge < -0.3 is 20.3 Å². The first-order valence-electron chi connectivity index (χ1n) is 6.79. The van der Waals surface area contributed by atoms with Gasteiger partial charge >= 0.3 is 5.97 Å². The molecule has 1 amide bonds. The van der Waals surface area contributed by atoms with Crippen molar-refractivity contribution in [1.29, 1.82) is 0 Å². The third-order valence-corrected chi connectivity index (χ3v) is 3.95. The molecule has 1 aliphatic rings. The number of hydrogen-bond acceptors (Lipinski definition) is 4. The smallest absolute Gasteiger partial charge is 0.335 e. The Kier molecular flexibility index (Phi) is 4.59. The van der Waals surface area contributed by atoms with Gasteiger partial charge in [0.15, 0.2) is 0 Å². The molecule has 1 aromatic rings. The maximum absolute atomic E-state index is 12.2. The second-order valence-corrected chi connectivity index (χ2v) is 5.43. The highest BCUT2D eigenvalue weighted by Gasteiger charge is 2.34. The summed E-state index contributed by atoms with van der Waals surface area (Å²) in [5.41, 5.74) is 0.447. The number of aromatic carboxylic acids is 1. The summed E-state index contributed by atoms with van der Waals surface area (Å²) in [4.78, 5) is 23.3. The summed E-state index contributed by atoms with van der Waals surface area (Å²) in [6.45, 7) is 2.85. The lowest BCUT2D eigenvalue weighted by atomic mass is 9.88. The van der Waals surface area contributed by atoms with E-state index in [2.05, 4.69) is 5.32 Å². The fourth-order valence-electron chi connectivity index (χ4n) is 2.45. The zero-order valence-corrected chi connectivity index (χ0v) is 11.9. The summed E-state index contributed by atoms with van der Waals surface area (Å²) >= 11 is 0. The van der Waals surface area contributed by atoms with E-state index in [4.69, 9.17) is 9.84 Å². The number of hydrogen-bond donors (Lipinski definition) is 3. The first-order chi connectivity index (χ1) is 9.99. The van der Waals surface area contributed by atoms with Crippen molar-refractivity contribution in [3.05, 3.63) is 34.9 Å². The van der Waals surface area contributed by atoms with Crippen molar-refractivity contribution >= 4 is 11.9 Å². The third kappa shape index (κ3) is 3.22. The monoisotopic (exact) mass is 293 g/mol. The Morgan fingerprint density at radius 2 is 2.10 bits per heavy atom. The Morgan fingerprint density at radius 3 is 2.67 bits per heavy atom. The molecule has 1 atom stereocenters. The number of rotatable bonds is 5. The molecule has 1 aromatic carbocycles. The number of aliphatic hydroxyl groups excluding tert-OH is 1. The molecule has 1 heterocycles. The lowest BCUT2D eigenvalue weighted by molar-refractivity contribution is 0.0696. The molecule has 3 N–H and O–H groups in total. The van der Waals surface area contributed by atoms with Gasteiger partial charge in [-0.05, 0) is 31.0 Å². The number of benzene rings is 1. The maximum atomic E-state index is 12.2. The summed E-state index contributed by atoms with van der Waals surface area (Å²) in [7, 11) is 0. The summed E-state index contributed by atoms with van der Waals surface area (Å²) in [6.07, 6.45) is 0.692. The molecular weight excluding hydrogens is 274 g/mol. The normalized spacial score (nSPS) is 21.2. The van der Waals surface area contributed by atoms with E-state index >= 15 is 0 Å². The number of carbonyl (C=O) groups excluding carboxylic acids is 1. The van der Waals surface area contributed by atoms with Crippen molar-refractivity contribution < 1.29 is 24.5 Å².